The van der Waals surface area contributed by atoms with Gasteiger partial charge in [0.05, 0.1) is 6.04 Å². The molecule has 0 spiro atoms. The highest BCUT2D eigenvalue weighted by atomic mass is 16.6. The van der Waals surface area contributed by atoms with Crippen molar-refractivity contribution in [2.75, 3.05) is 13.1 Å². The topological polar surface area (TPSA) is 142 Å². The Morgan fingerprint density at radius 2 is 1.88 bits per heavy atom. The summed E-state index contributed by atoms with van der Waals surface area (Å²) in [5.41, 5.74) is 7.15. The van der Waals surface area contributed by atoms with Crippen LogP contribution in [0.1, 0.15) is 27.2 Å². The first-order valence-electron chi connectivity index (χ1n) is 7.36. The summed E-state index contributed by atoms with van der Waals surface area (Å²) in [4.78, 5) is 31.9. The normalized spacial score (nSPS) is 19.5. The highest BCUT2D eigenvalue weighted by molar-refractivity contribution is 6.27. The molecular weight excluding hydrogens is 318 g/mol. The second kappa shape index (κ2) is 7.71. The van der Waals surface area contributed by atoms with Crippen molar-refractivity contribution in [2.24, 2.45) is 5.73 Å². The number of nitrogens with one attached hydrogen (secondary N) is 1. The second-order valence-electron chi connectivity index (χ2n) is 6.38. The standard InChI is InChI=1S/C13H21N3O2.C2H2O4/c1-13(2,3)18-12(17)16-5-4-11-9(8-16)6-10(14)7-15-11;3-1(4)2(5)6/h6-7,11,15H,4-5,8,14H2,1-3H3;(H,3,4)(H,5,6). The van der Waals surface area contributed by atoms with Gasteiger partial charge in [-0.3, -0.25) is 0 Å². The number of hydrogen-bond donors (Lipinski definition) is 4. The van der Waals surface area contributed by atoms with Crippen molar-refractivity contribution < 1.29 is 29.3 Å². The quantitative estimate of drug-likeness (QED) is 0.466. The van der Waals surface area contributed by atoms with E-state index in [1.807, 2.05) is 33.0 Å². The summed E-state index contributed by atoms with van der Waals surface area (Å²) < 4.78 is 5.38. The number of nitrogens with two attached hydrogens (primary N) is 1. The van der Waals surface area contributed by atoms with Crippen LogP contribution in [0.25, 0.3) is 0 Å². The molecule has 2 aliphatic rings. The Kier molecular flexibility index (Phi) is 6.21. The molecule has 1 amide bonds. The molecule has 134 valence electrons. The molecule has 0 aromatic rings. The van der Waals surface area contributed by atoms with E-state index in [1.54, 1.807) is 4.90 Å². The van der Waals surface area contributed by atoms with Crippen molar-refractivity contribution in [3.05, 3.63) is 23.5 Å². The number of rotatable bonds is 0. The third-order valence-electron chi connectivity index (χ3n) is 3.15. The lowest BCUT2D eigenvalue weighted by Crippen LogP contribution is -2.48. The number of carbonyl (C=O) groups excluding carboxylic acids is 1. The fourth-order valence-corrected chi connectivity index (χ4v) is 2.15. The van der Waals surface area contributed by atoms with E-state index in [0.717, 1.165) is 12.0 Å². The van der Waals surface area contributed by atoms with Crippen LogP contribution in [0.3, 0.4) is 0 Å². The van der Waals surface area contributed by atoms with Crippen LogP contribution in [0, 0.1) is 0 Å². The molecule has 2 rings (SSSR count). The van der Waals surface area contributed by atoms with Crippen molar-refractivity contribution in [1.29, 1.82) is 0 Å². The van der Waals surface area contributed by atoms with Gasteiger partial charge in [-0.15, -0.1) is 0 Å². The van der Waals surface area contributed by atoms with E-state index in [2.05, 4.69) is 5.32 Å². The smallest absolute Gasteiger partial charge is 0.414 e. The van der Waals surface area contributed by atoms with Crippen molar-refractivity contribution >= 4 is 18.0 Å². The van der Waals surface area contributed by atoms with E-state index in [1.165, 1.54) is 0 Å². The highest BCUT2D eigenvalue weighted by Crippen LogP contribution is 2.22. The first-order valence-corrected chi connectivity index (χ1v) is 7.36. The Bertz CT molecular complexity index is 564. The van der Waals surface area contributed by atoms with E-state index in [4.69, 9.17) is 30.3 Å². The molecule has 0 aliphatic carbocycles. The summed E-state index contributed by atoms with van der Waals surface area (Å²) in [6.07, 6.45) is 4.39. The van der Waals surface area contributed by atoms with Crippen molar-refractivity contribution in [3.63, 3.8) is 0 Å². The van der Waals surface area contributed by atoms with Gasteiger partial charge in [0, 0.05) is 25.0 Å². The molecule has 24 heavy (non-hydrogen) atoms. The van der Waals surface area contributed by atoms with Crippen LogP contribution < -0.4 is 11.1 Å². The molecule has 1 saturated heterocycles. The number of carbonyl (C=O) groups is 3. The van der Waals surface area contributed by atoms with Gasteiger partial charge in [-0.05, 0) is 38.8 Å². The van der Waals surface area contributed by atoms with Gasteiger partial charge in [0.2, 0.25) is 0 Å². The van der Waals surface area contributed by atoms with E-state index >= 15 is 0 Å². The average Bonchev–Trinajstić information content (AvgIpc) is 2.45. The monoisotopic (exact) mass is 341 g/mol. The summed E-state index contributed by atoms with van der Waals surface area (Å²) in [6, 6.07) is 0.302. The van der Waals surface area contributed by atoms with Gasteiger partial charge in [-0.25, -0.2) is 14.4 Å². The molecule has 0 saturated carbocycles. The van der Waals surface area contributed by atoms with E-state index < -0.39 is 17.5 Å². The maximum absolute atomic E-state index is 12.0. The molecule has 0 bridgehead atoms. The number of fused-ring (bicyclic) bond motifs is 1. The maximum Gasteiger partial charge on any atom is 0.414 e. The number of carboxylic acids is 2. The van der Waals surface area contributed by atoms with Crippen molar-refractivity contribution in [3.8, 4) is 0 Å². The first kappa shape index (κ1) is 19.3. The van der Waals surface area contributed by atoms with Crippen LogP contribution in [0.2, 0.25) is 0 Å². The number of dihydropyridines is 1. The van der Waals surface area contributed by atoms with Crippen LogP contribution in [-0.2, 0) is 14.3 Å². The Morgan fingerprint density at radius 3 is 2.38 bits per heavy atom. The summed E-state index contributed by atoms with van der Waals surface area (Å²) in [6.45, 7) is 6.91. The lowest BCUT2D eigenvalue weighted by atomic mass is 9.96. The van der Waals surface area contributed by atoms with Gasteiger partial charge in [0.15, 0.2) is 0 Å². The summed E-state index contributed by atoms with van der Waals surface area (Å²) in [5, 5.41) is 18.0. The number of likely N-dealkylation sites (tertiary alicyclic amines) is 1. The number of carboxylic acid groups (broad SMARTS) is 2. The van der Waals surface area contributed by atoms with Crippen LogP contribution >= 0.6 is 0 Å². The first-order chi connectivity index (χ1) is 11.0. The van der Waals surface area contributed by atoms with Gasteiger partial charge >= 0.3 is 18.0 Å². The van der Waals surface area contributed by atoms with E-state index in [0.29, 0.717) is 24.8 Å². The molecule has 1 fully saturated rings. The molecular formula is C15H23N3O6. The third-order valence-corrected chi connectivity index (χ3v) is 3.15. The SMILES string of the molecule is CC(C)(C)OC(=O)N1CCC2NC=C(N)C=C2C1.O=C(O)C(=O)O. The number of ether oxygens (including phenoxy) is 1. The molecule has 9 heteroatoms. The third kappa shape index (κ3) is 6.19. The van der Waals surface area contributed by atoms with Gasteiger partial charge in [0.25, 0.3) is 0 Å². The van der Waals surface area contributed by atoms with Gasteiger partial charge in [0.1, 0.15) is 5.60 Å². The lowest BCUT2D eigenvalue weighted by molar-refractivity contribution is -0.159. The number of hydrogen-bond acceptors (Lipinski definition) is 6. The van der Waals surface area contributed by atoms with E-state index in [-0.39, 0.29) is 6.09 Å². The molecule has 0 aromatic carbocycles. The summed E-state index contributed by atoms with van der Waals surface area (Å²) >= 11 is 0. The minimum absolute atomic E-state index is 0.255. The fraction of sp³-hybridized carbons (Fsp3) is 0.533. The van der Waals surface area contributed by atoms with Gasteiger partial charge < -0.3 is 30.9 Å². The van der Waals surface area contributed by atoms with Crippen LogP contribution in [0.4, 0.5) is 4.79 Å². The molecule has 2 heterocycles. The van der Waals surface area contributed by atoms with Crippen molar-refractivity contribution in [1.82, 2.24) is 10.2 Å². The number of nitrogens with zero attached hydrogens (tertiary/aromatic N) is 1. The fourth-order valence-electron chi connectivity index (χ4n) is 2.15. The zero-order chi connectivity index (χ0) is 18.5. The predicted molar refractivity (Wildman–Crippen MR) is 85.0 cm³/mol. The minimum Gasteiger partial charge on any atom is -0.473 e. The average molecular weight is 341 g/mol. The molecule has 0 aromatic heterocycles. The van der Waals surface area contributed by atoms with Crippen LogP contribution in [0.15, 0.2) is 23.5 Å². The Morgan fingerprint density at radius 1 is 1.29 bits per heavy atom. The maximum atomic E-state index is 12.0. The second-order valence-corrected chi connectivity index (χ2v) is 6.38. The number of aliphatic carboxylic acids is 2. The molecule has 9 nitrogen and oxygen atoms in total. The largest absolute Gasteiger partial charge is 0.473 e. The number of allylic oxidation sites excluding steroid dienone is 1. The van der Waals surface area contributed by atoms with Crippen LogP contribution in [-0.4, -0.2) is 57.9 Å². The Labute approximate surface area is 139 Å². The lowest BCUT2D eigenvalue weighted by Gasteiger charge is -2.36. The number of amides is 1. The predicted octanol–water partition coefficient (Wildman–Crippen LogP) is 0.481. The van der Waals surface area contributed by atoms with Gasteiger partial charge in [-0.2, -0.15) is 0 Å². The van der Waals surface area contributed by atoms with E-state index in [9.17, 15) is 4.79 Å². The Hall–Kier alpha value is -2.71. The summed E-state index contributed by atoms with van der Waals surface area (Å²) in [7, 11) is 0. The molecule has 1 atom stereocenters. The van der Waals surface area contributed by atoms with Crippen molar-refractivity contribution in [2.45, 2.75) is 38.8 Å². The Balaban J connectivity index is 0.000000413. The molecule has 0 radical (unpaired) electrons. The zero-order valence-electron chi connectivity index (χ0n) is 13.9. The number of piperidine rings is 1. The molecule has 1 unspecified atom stereocenters. The zero-order valence-corrected chi connectivity index (χ0v) is 13.9. The molecule has 2 aliphatic heterocycles. The summed E-state index contributed by atoms with van der Waals surface area (Å²) in [5.74, 6) is -3.65. The minimum atomic E-state index is -1.82. The van der Waals surface area contributed by atoms with Gasteiger partial charge in [-0.1, -0.05) is 0 Å². The molecule has 5 N–H and O–H groups in total. The van der Waals surface area contributed by atoms with Crippen LogP contribution in [0.5, 0.6) is 0 Å². The highest BCUT2D eigenvalue weighted by Gasteiger charge is 2.30.